The Morgan fingerprint density at radius 2 is 1.89 bits per heavy atom. The van der Waals surface area contributed by atoms with Crippen molar-refractivity contribution in [2.45, 2.75) is 80.5 Å². The molecule has 0 radical (unpaired) electrons. The van der Waals surface area contributed by atoms with Crippen molar-refractivity contribution in [2.24, 2.45) is 0 Å². The minimum absolute atomic E-state index is 0.0219. The van der Waals surface area contributed by atoms with Crippen molar-refractivity contribution in [2.75, 3.05) is 5.32 Å². The van der Waals surface area contributed by atoms with Gasteiger partial charge < -0.3 is 14.9 Å². The number of fused-ring (bicyclic) bond motifs is 1. The smallest absolute Gasteiger partial charge is 0.268 e. The number of aromatic amines is 1. The molecule has 190 valence electrons. The van der Waals surface area contributed by atoms with E-state index in [0.29, 0.717) is 53.1 Å². The molecule has 0 bridgehead atoms. The zero-order chi connectivity index (χ0) is 25.8. The molecular formula is C26H30BN7O2S. The molecule has 1 aliphatic carbocycles. The zero-order valence-corrected chi connectivity index (χ0v) is 21.5. The summed E-state index contributed by atoms with van der Waals surface area (Å²) in [7, 11) is 0. The number of nitrogens with zero attached hydrogens (tertiary/aromatic N) is 4. The van der Waals surface area contributed by atoms with Crippen molar-refractivity contribution in [3.63, 3.8) is 0 Å². The summed E-state index contributed by atoms with van der Waals surface area (Å²) in [6.07, 6.45) is 10.2. The topological polar surface area (TPSA) is 145 Å². The molecule has 3 heterocycles. The van der Waals surface area contributed by atoms with E-state index in [1.54, 1.807) is 6.20 Å². The van der Waals surface area contributed by atoms with Gasteiger partial charge in [-0.3, -0.25) is 9.48 Å². The van der Waals surface area contributed by atoms with Crippen molar-refractivity contribution >= 4 is 40.5 Å². The standard InChI is InChI=1S/C26H30BN7O2S/c28-16-13-26(11-14-27(18-29)15-12-26)34-22-10-17-30-25(35)23(22)24(32-34)31-19-6-8-21(9-7-19)37(36)33-20-4-2-1-3-5-20/h6-10,17,20,33H,1-5,11-15H2,(H,30,35)(H,31,32). The summed E-state index contributed by atoms with van der Waals surface area (Å²) >= 11 is -1.28. The van der Waals surface area contributed by atoms with Crippen LogP contribution in [0.3, 0.4) is 0 Å². The SMILES string of the molecule is N#CCC1(n2nc(Nc3ccc([S+]([O-])NC4CCCCC4)cc3)c3c(=O)[nH]ccc32)CCB(C#N)CC1. The minimum atomic E-state index is -1.28. The summed E-state index contributed by atoms with van der Waals surface area (Å²) < 4.78 is 17.9. The van der Waals surface area contributed by atoms with E-state index in [-0.39, 0.29) is 18.7 Å². The van der Waals surface area contributed by atoms with Gasteiger partial charge in [-0.05, 0) is 56.0 Å². The Bertz CT molecular complexity index is 1380. The number of nitriles is 2. The lowest BCUT2D eigenvalue weighted by atomic mass is 9.40. The Hall–Kier alpha value is -3.25. The van der Waals surface area contributed by atoms with Gasteiger partial charge in [-0.2, -0.15) is 10.4 Å². The lowest BCUT2D eigenvalue weighted by Crippen LogP contribution is -2.40. The van der Waals surface area contributed by atoms with E-state index < -0.39 is 16.9 Å². The molecule has 1 saturated heterocycles. The average Bonchev–Trinajstić information content (AvgIpc) is 3.30. The number of benzene rings is 1. The van der Waals surface area contributed by atoms with Crippen molar-refractivity contribution in [3.05, 3.63) is 46.9 Å². The van der Waals surface area contributed by atoms with Gasteiger partial charge in [0.05, 0.1) is 40.9 Å². The molecule has 1 aliphatic heterocycles. The second-order valence-corrected chi connectivity index (χ2v) is 11.4. The third-order valence-corrected chi connectivity index (χ3v) is 9.02. The monoisotopic (exact) mass is 515 g/mol. The fourth-order valence-electron chi connectivity index (χ4n) is 5.66. The molecule has 2 fully saturated rings. The van der Waals surface area contributed by atoms with E-state index >= 15 is 0 Å². The van der Waals surface area contributed by atoms with Gasteiger partial charge in [0.25, 0.3) is 12.3 Å². The molecule has 1 atom stereocenters. The first-order valence-electron chi connectivity index (χ1n) is 13.0. The summed E-state index contributed by atoms with van der Waals surface area (Å²) in [6, 6.07) is 11.7. The molecule has 3 N–H and O–H groups in total. The molecular weight excluding hydrogens is 485 g/mol. The molecule has 3 aromatic rings. The minimum Gasteiger partial charge on any atom is -0.593 e. The maximum atomic E-state index is 12.9. The van der Waals surface area contributed by atoms with Gasteiger partial charge >= 0.3 is 0 Å². The molecule has 11 heteroatoms. The Balaban J connectivity index is 1.42. The number of hydrogen-bond acceptors (Lipinski definition) is 7. The van der Waals surface area contributed by atoms with Gasteiger partial charge in [-0.25, -0.2) is 5.26 Å². The molecule has 5 rings (SSSR count). The summed E-state index contributed by atoms with van der Waals surface area (Å²) in [5.74, 6) is 2.76. The summed E-state index contributed by atoms with van der Waals surface area (Å²) in [5.41, 5.74) is 0.542. The molecule has 0 amide bonds. The number of hydrogen-bond donors (Lipinski definition) is 3. The lowest BCUT2D eigenvalue weighted by Gasteiger charge is -2.37. The van der Waals surface area contributed by atoms with Gasteiger partial charge in [0, 0.05) is 17.9 Å². The highest BCUT2D eigenvalue weighted by Gasteiger charge is 2.40. The van der Waals surface area contributed by atoms with Gasteiger partial charge in [0.1, 0.15) is 5.39 Å². The molecule has 0 spiro atoms. The van der Waals surface area contributed by atoms with Crippen LogP contribution in [0.1, 0.15) is 51.4 Å². The maximum absolute atomic E-state index is 12.9. The van der Waals surface area contributed by atoms with E-state index in [4.69, 9.17) is 5.10 Å². The van der Waals surface area contributed by atoms with Crippen molar-refractivity contribution < 1.29 is 4.55 Å². The third-order valence-electron chi connectivity index (χ3n) is 7.77. The highest BCUT2D eigenvalue weighted by molar-refractivity contribution is 7.89. The van der Waals surface area contributed by atoms with Crippen LogP contribution in [0.15, 0.2) is 46.2 Å². The lowest BCUT2D eigenvalue weighted by molar-refractivity contribution is 0.240. The van der Waals surface area contributed by atoms with Gasteiger partial charge in [-0.15, -0.1) is 4.72 Å². The Morgan fingerprint density at radius 1 is 1.16 bits per heavy atom. The van der Waals surface area contributed by atoms with Gasteiger partial charge in [0.15, 0.2) is 10.7 Å². The van der Waals surface area contributed by atoms with Gasteiger partial charge in [-0.1, -0.05) is 31.9 Å². The maximum Gasteiger partial charge on any atom is 0.268 e. The summed E-state index contributed by atoms with van der Waals surface area (Å²) in [4.78, 5) is 16.3. The zero-order valence-electron chi connectivity index (χ0n) is 20.7. The van der Waals surface area contributed by atoms with Crippen LogP contribution in [0.4, 0.5) is 11.5 Å². The third kappa shape index (κ3) is 5.26. The highest BCUT2D eigenvalue weighted by Crippen LogP contribution is 2.41. The Kier molecular flexibility index (Phi) is 7.56. The molecule has 37 heavy (non-hydrogen) atoms. The fraction of sp³-hybridized carbons (Fsp3) is 0.462. The normalized spacial score (nSPS) is 18.7. The first-order chi connectivity index (χ1) is 18.0. The van der Waals surface area contributed by atoms with Crippen LogP contribution in [0.5, 0.6) is 0 Å². The molecule has 1 aromatic carbocycles. The molecule has 1 saturated carbocycles. The summed E-state index contributed by atoms with van der Waals surface area (Å²) in [5, 5.41) is 27.5. The van der Waals surface area contributed by atoms with E-state index in [1.165, 1.54) is 19.3 Å². The fourth-order valence-corrected chi connectivity index (χ4v) is 6.72. The number of nitrogens with one attached hydrogen (secondary N) is 3. The van der Waals surface area contributed by atoms with Crippen molar-refractivity contribution in [1.29, 1.82) is 10.5 Å². The molecule has 1 unspecified atom stereocenters. The number of aromatic nitrogens is 3. The Labute approximate surface area is 219 Å². The van der Waals surface area contributed by atoms with Crippen LogP contribution in [-0.4, -0.2) is 32.1 Å². The molecule has 9 nitrogen and oxygen atoms in total. The quantitative estimate of drug-likeness (QED) is 0.313. The van der Waals surface area contributed by atoms with E-state index in [9.17, 15) is 19.9 Å². The van der Waals surface area contributed by atoms with Crippen LogP contribution in [0, 0.1) is 22.6 Å². The predicted octanol–water partition coefficient (Wildman–Crippen LogP) is 4.37. The van der Waals surface area contributed by atoms with Crippen LogP contribution in [0.25, 0.3) is 10.9 Å². The van der Waals surface area contributed by atoms with Gasteiger partial charge in [0.2, 0.25) is 0 Å². The number of rotatable bonds is 7. The van der Waals surface area contributed by atoms with E-state index in [0.717, 1.165) is 18.5 Å². The first kappa shape index (κ1) is 25.4. The number of anilines is 2. The first-order valence-corrected chi connectivity index (χ1v) is 14.1. The molecule has 2 aliphatic rings. The summed E-state index contributed by atoms with van der Waals surface area (Å²) in [6.45, 7) is -0.0219. The van der Waals surface area contributed by atoms with Crippen molar-refractivity contribution in [1.82, 2.24) is 19.5 Å². The second kappa shape index (κ2) is 11.0. The second-order valence-electron chi connectivity index (χ2n) is 10.2. The van der Waals surface area contributed by atoms with Crippen LogP contribution in [-0.2, 0) is 16.9 Å². The van der Waals surface area contributed by atoms with Crippen LogP contribution >= 0.6 is 0 Å². The number of H-pyrrole nitrogens is 1. The Morgan fingerprint density at radius 3 is 2.57 bits per heavy atom. The highest BCUT2D eigenvalue weighted by atomic mass is 32.2. The van der Waals surface area contributed by atoms with Crippen molar-refractivity contribution in [3.8, 4) is 12.0 Å². The predicted molar refractivity (Wildman–Crippen MR) is 145 cm³/mol. The van der Waals surface area contributed by atoms with Crippen LogP contribution in [0.2, 0.25) is 12.6 Å². The van der Waals surface area contributed by atoms with Crippen LogP contribution < -0.4 is 15.6 Å². The van der Waals surface area contributed by atoms with E-state index in [2.05, 4.69) is 27.1 Å². The van der Waals surface area contributed by atoms with E-state index in [1.807, 2.05) is 35.0 Å². The largest absolute Gasteiger partial charge is 0.593 e. The molecule has 2 aromatic heterocycles. The number of pyridine rings is 1. The average molecular weight is 515 g/mol.